The van der Waals surface area contributed by atoms with E-state index in [-0.39, 0.29) is 4.90 Å². The summed E-state index contributed by atoms with van der Waals surface area (Å²) in [5, 5.41) is 5.09. The Kier molecular flexibility index (Phi) is 2.77. The van der Waals surface area contributed by atoms with Gasteiger partial charge in [-0.25, -0.2) is 13.6 Å². The third-order valence-corrected chi connectivity index (χ3v) is 3.51. The highest BCUT2D eigenvalue weighted by Gasteiger charge is 2.19. The number of primary sulfonamides is 1. The Bertz CT molecular complexity index is 499. The Morgan fingerprint density at radius 3 is 2.88 bits per heavy atom. The molecule has 0 saturated carbocycles. The summed E-state index contributed by atoms with van der Waals surface area (Å²) in [5.74, 6) is 0.709. The summed E-state index contributed by atoms with van der Waals surface area (Å²) in [4.78, 5) is 2.18. The average Bonchev–Trinajstić information content (AvgIpc) is 2.26. The van der Waals surface area contributed by atoms with Gasteiger partial charge in [-0.15, -0.1) is 0 Å². The highest BCUT2D eigenvalue weighted by atomic mass is 32.2. The molecule has 1 aliphatic rings. The van der Waals surface area contributed by atoms with Crippen LogP contribution >= 0.6 is 0 Å². The molecule has 0 radical (unpaired) electrons. The number of likely N-dealkylation sites (N-methyl/N-ethyl adjacent to an activating group) is 1. The molecule has 1 aromatic rings. The van der Waals surface area contributed by atoms with E-state index in [1.54, 1.807) is 12.1 Å². The molecule has 1 aliphatic heterocycles. The zero-order valence-corrected chi connectivity index (χ0v) is 9.83. The molecular formula is C10H14N2O3S. The minimum Gasteiger partial charge on any atom is -0.490 e. The van der Waals surface area contributed by atoms with Gasteiger partial charge in [-0.05, 0) is 25.1 Å². The monoisotopic (exact) mass is 242 g/mol. The summed E-state index contributed by atoms with van der Waals surface area (Å²) in [7, 11) is -3.65. The fourth-order valence-corrected chi connectivity index (χ4v) is 2.29. The van der Waals surface area contributed by atoms with Crippen molar-refractivity contribution in [3.63, 3.8) is 0 Å². The van der Waals surface area contributed by atoms with Crippen LogP contribution in [0.4, 0.5) is 5.69 Å². The van der Waals surface area contributed by atoms with Crippen molar-refractivity contribution in [1.82, 2.24) is 0 Å². The number of sulfonamides is 1. The number of anilines is 1. The van der Waals surface area contributed by atoms with Crippen LogP contribution in [-0.2, 0) is 10.0 Å². The Morgan fingerprint density at radius 1 is 1.50 bits per heavy atom. The lowest BCUT2D eigenvalue weighted by atomic mass is 10.2. The average molecular weight is 242 g/mol. The van der Waals surface area contributed by atoms with E-state index in [1.807, 2.05) is 6.92 Å². The molecule has 16 heavy (non-hydrogen) atoms. The first-order valence-electron chi connectivity index (χ1n) is 5.07. The molecule has 0 aromatic heterocycles. The minimum atomic E-state index is -3.65. The smallest absolute Gasteiger partial charge is 0.238 e. The van der Waals surface area contributed by atoms with Gasteiger partial charge in [0.2, 0.25) is 10.0 Å². The molecule has 88 valence electrons. The lowest BCUT2D eigenvalue weighted by molar-refractivity contribution is 0.308. The van der Waals surface area contributed by atoms with Crippen molar-refractivity contribution in [3.8, 4) is 5.75 Å². The summed E-state index contributed by atoms with van der Waals surface area (Å²) in [6, 6.07) is 4.68. The Balaban J connectivity index is 2.51. The number of hydrogen-bond acceptors (Lipinski definition) is 4. The van der Waals surface area contributed by atoms with Crippen LogP contribution in [0.3, 0.4) is 0 Å². The molecule has 1 aromatic carbocycles. The van der Waals surface area contributed by atoms with Crippen LogP contribution in [0.15, 0.2) is 23.1 Å². The van der Waals surface area contributed by atoms with Gasteiger partial charge < -0.3 is 9.64 Å². The molecule has 0 saturated heterocycles. The van der Waals surface area contributed by atoms with Crippen molar-refractivity contribution < 1.29 is 13.2 Å². The van der Waals surface area contributed by atoms with Gasteiger partial charge in [0.1, 0.15) is 12.4 Å². The topological polar surface area (TPSA) is 72.6 Å². The lowest BCUT2D eigenvalue weighted by Gasteiger charge is -2.30. The molecule has 1 heterocycles. The molecule has 0 spiro atoms. The maximum absolute atomic E-state index is 11.2. The quantitative estimate of drug-likeness (QED) is 0.822. The highest BCUT2D eigenvalue weighted by molar-refractivity contribution is 7.89. The van der Waals surface area contributed by atoms with Gasteiger partial charge in [0.25, 0.3) is 0 Å². The van der Waals surface area contributed by atoms with Crippen molar-refractivity contribution in [2.75, 3.05) is 24.6 Å². The molecule has 2 N–H and O–H groups in total. The number of benzene rings is 1. The van der Waals surface area contributed by atoms with E-state index >= 15 is 0 Å². The number of nitrogens with two attached hydrogens (primary N) is 1. The molecule has 0 atom stereocenters. The molecule has 0 aliphatic carbocycles. The van der Waals surface area contributed by atoms with E-state index in [0.717, 1.165) is 18.8 Å². The summed E-state index contributed by atoms with van der Waals surface area (Å²) in [6.45, 7) is 4.20. The van der Waals surface area contributed by atoms with Crippen molar-refractivity contribution in [3.05, 3.63) is 18.2 Å². The van der Waals surface area contributed by atoms with Crippen molar-refractivity contribution in [2.24, 2.45) is 5.14 Å². The van der Waals surface area contributed by atoms with Gasteiger partial charge in [0, 0.05) is 6.54 Å². The van der Waals surface area contributed by atoms with Crippen LogP contribution in [0.5, 0.6) is 5.75 Å². The third-order valence-electron chi connectivity index (χ3n) is 2.60. The van der Waals surface area contributed by atoms with Gasteiger partial charge in [-0.3, -0.25) is 0 Å². The highest BCUT2D eigenvalue weighted by Crippen LogP contribution is 2.33. The van der Waals surface area contributed by atoms with Gasteiger partial charge in [-0.2, -0.15) is 0 Å². The molecule has 6 heteroatoms. The first kappa shape index (κ1) is 11.2. The zero-order valence-electron chi connectivity index (χ0n) is 9.01. The number of ether oxygens (including phenoxy) is 1. The van der Waals surface area contributed by atoms with E-state index < -0.39 is 10.0 Å². The van der Waals surface area contributed by atoms with Crippen LogP contribution in [-0.4, -0.2) is 28.1 Å². The predicted octanol–water partition coefficient (Wildman–Crippen LogP) is 0.553. The molecule has 0 bridgehead atoms. The SMILES string of the molecule is CCN1CCOc2ccc(S(N)(=O)=O)cc21. The number of fused-ring (bicyclic) bond motifs is 1. The van der Waals surface area contributed by atoms with Gasteiger partial charge >= 0.3 is 0 Å². The Labute approximate surface area is 94.9 Å². The maximum atomic E-state index is 11.2. The fourth-order valence-electron chi connectivity index (χ4n) is 1.76. The first-order chi connectivity index (χ1) is 7.52. The summed E-state index contributed by atoms with van der Waals surface area (Å²) in [5.41, 5.74) is 0.792. The van der Waals surface area contributed by atoms with Crippen LogP contribution in [0.2, 0.25) is 0 Å². The zero-order chi connectivity index (χ0) is 11.8. The second-order valence-electron chi connectivity index (χ2n) is 3.60. The van der Waals surface area contributed by atoms with E-state index in [2.05, 4.69) is 4.90 Å². The van der Waals surface area contributed by atoms with Crippen LogP contribution in [0, 0.1) is 0 Å². The van der Waals surface area contributed by atoms with Crippen LogP contribution in [0.25, 0.3) is 0 Å². The molecule has 0 unspecified atom stereocenters. The molecule has 2 rings (SSSR count). The van der Waals surface area contributed by atoms with Gasteiger partial charge in [0.15, 0.2) is 0 Å². The number of hydrogen-bond donors (Lipinski definition) is 1. The van der Waals surface area contributed by atoms with E-state index in [9.17, 15) is 8.42 Å². The summed E-state index contributed by atoms with van der Waals surface area (Å²) < 4.78 is 27.9. The van der Waals surface area contributed by atoms with E-state index in [4.69, 9.17) is 9.88 Å². The minimum absolute atomic E-state index is 0.121. The maximum Gasteiger partial charge on any atom is 0.238 e. The molecule has 0 amide bonds. The van der Waals surface area contributed by atoms with Crippen molar-refractivity contribution in [2.45, 2.75) is 11.8 Å². The third kappa shape index (κ3) is 1.98. The summed E-state index contributed by atoms with van der Waals surface area (Å²) in [6.07, 6.45) is 0. The van der Waals surface area contributed by atoms with Crippen molar-refractivity contribution >= 4 is 15.7 Å². The normalized spacial score (nSPS) is 15.5. The van der Waals surface area contributed by atoms with E-state index in [0.29, 0.717) is 12.4 Å². The number of rotatable bonds is 2. The molecule has 5 nitrogen and oxygen atoms in total. The lowest BCUT2D eigenvalue weighted by Crippen LogP contribution is -2.32. The standard InChI is InChI=1S/C10H14N2O3S/c1-2-12-5-6-15-10-4-3-8(7-9(10)12)16(11,13)14/h3-4,7H,2,5-6H2,1H3,(H2,11,13,14). The largest absolute Gasteiger partial charge is 0.490 e. The molecular weight excluding hydrogens is 228 g/mol. The van der Waals surface area contributed by atoms with Gasteiger partial charge in [0.05, 0.1) is 17.1 Å². The van der Waals surface area contributed by atoms with Crippen LogP contribution < -0.4 is 14.8 Å². The number of nitrogens with zero attached hydrogens (tertiary/aromatic N) is 1. The summed E-state index contributed by atoms with van der Waals surface area (Å²) >= 11 is 0. The van der Waals surface area contributed by atoms with Gasteiger partial charge in [-0.1, -0.05) is 0 Å². The fraction of sp³-hybridized carbons (Fsp3) is 0.400. The first-order valence-corrected chi connectivity index (χ1v) is 6.61. The van der Waals surface area contributed by atoms with Crippen molar-refractivity contribution in [1.29, 1.82) is 0 Å². The Hall–Kier alpha value is -1.27. The van der Waals surface area contributed by atoms with E-state index in [1.165, 1.54) is 6.07 Å². The second kappa shape index (κ2) is 3.95. The molecule has 0 fully saturated rings. The van der Waals surface area contributed by atoms with Crippen LogP contribution in [0.1, 0.15) is 6.92 Å². The Morgan fingerprint density at radius 2 is 2.25 bits per heavy atom. The predicted molar refractivity (Wildman–Crippen MR) is 61.2 cm³/mol. The second-order valence-corrected chi connectivity index (χ2v) is 5.16.